The van der Waals surface area contributed by atoms with E-state index in [2.05, 4.69) is 41.5 Å². The first-order valence-electron chi connectivity index (χ1n) is 7.15. The van der Waals surface area contributed by atoms with E-state index in [0.717, 1.165) is 50.6 Å². The second-order valence-electron chi connectivity index (χ2n) is 5.38. The van der Waals surface area contributed by atoms with Gasteiger partial charge >= 0.3 is 0 Å². The fourth-order valence-corrected chi connectivity index (χ4v) is 2.40. The van der Waals surface area contributed by atoms with Crippen molar-refractivity contribution in [3.8, 4) is 0 Å². The molecule has 0 unspecified atom stereocenters. The van der Waals surface area contributed by atoms with E-state index in [9.17, 15) is 0 Å². The first kappa shape index (κ1) is 14.3. The molecule has 0 atom stereocenters. The van der Waals surface area contributed by atoms with Gasteiger partial charge in [0, 0.05) is 13.1 Å². The maximum atomic E-state index is 5.82. The number of morpholine rings is 1. The summed E-state index contributed by atoms with van der Waals surface area (Å²) in [6, 6.07) is 0. The van der Waals surface area contributed by atoms with E-state index in [1.54, 1.807) is 0 Å². The van der Waals surface area contributed by atoms with E-state index < -0.39 is 0 Å². The molecule has 2 fully saturated rings. The molecule has 1 aliphatic heterocycles. The summed E-state index contributed by atoms with van der Waals surface area (Å²) in [5.41, 5.74) is 1.22. The molecule has 2 aliphatic rings. The molecular formula is C15H25N3O. The van der Waals surface area contributed by atoms with E-state index in [-0.39, 0.29) is 5.60 Å². The van der Waals surface area contributed by atoms with Gasteiger partial charge in [0.15, 0.2) is 0 Å². The molecule has 4 nitrogen and oxygen atoms in total. The first-order chi connectivity index (χ1) is 9.19. The average molecular weight is 263 g/mol. The molecule has 2 rings (SSSR count). The zero-order chi connectivity index (χ0) is 13.7. The molecule has 1 N–H and O–H groups in total. The third kappa shape index (κ3) is 3.91. The van der Waals surface area contributed by atoms with Crippen LogP contribution in [0.3, 0.4) is 0 Å². The van der Waals surface area contributed by atoms with Crippen LogP contribution in [-0.4, -0.2) is 50.0 Å². The van der Waals surface area contributed by atoms with Crippen molar-refractivity contribution in [2.45, 2.75) is 31.8 Å². The Labute approximate surface area is 116 Å². The van der Waals surface area contributed by atoms with E-state index in [4.69, 9.17) is 4.74 Å². The highest BCUT2D eigenvalue weighted by molar-refractivity contribution is 5.32. The summed E-state index contributed by atoms with van der Waals surface area (Å²) in [7, 11) is 0. The van der Waals surface area contributed by atoms with Gasteiger partial charge in [-0.25, -0.2) is 4.99 Å². The van der Waals surface area contributed by atoms with Gasteiger partial charge in [-0.05, 0) is 45.1 Å². The number of rotatable bonds is 7. The third-order valence-electron chi connectivity index (χ3n) is 3.75. The van der Waals surface area contributed by atoms with Crippen LogP contribution in [0.2, 0.25) is 0 Å². The van der Waals surface area contributed by atoms with Gasteiger partial charge in [0.05, 0.1) is 12.2 Å². The Kier molecular flexibility index (Phi) is 4.77. The number of allylic oxidation sites excluding steroid dienone is 1. The molecule has 1 heterocycles. The van der Waals surface area contributed by atoms with Crippen molar-refractivity contribution in [2.75, 3.05) is 32.8 Å². The molecule has 0 amide bonds. The fraction of sp³-hybridized carbons (Fsp3) is 0.667. The standard InChI is InChI=1S/C15H25N3O/c1-4-17-8-5-13(2)11-14(16-3)18-9-10-19-15(12-18)6-7-15/h11,17H,2-10,12H2,1H3. The van der Waals surface area contributed by atoms with Crippen molar-refractivity contribution in [3.63, 3.8) is 0 Å². The van der Waals surface area contributed by atoms with Crippen LogP contribution in [0.25, 0.3) is 0 Å². The van der Waals surface area contributed by atoms with Crippen molar-refractivity contribution in [3.05, 3.63) is 24.0 Å². The van der Waals surface area contributed by atoms with Crippen LogP contribution in [0.15, 0.2) is 29.0 Å². The Balaban J connectivity index is 1.90. The lowest BCUT2D eigenvalue weighted by Crippen LogP contribution is -2.42. The predicted octanol–water partition coefficient (Wildman–Crippen LogP) is 1.95. The maximum absolute atomic E-state index is 5.82. The van der Waals surface area contributed by atoms with Crippen LogP contribution >= 0.6 is 0 Å². The molecule has 0 aromatic heterocycles. The molecule has 1 saturated heterocycles. The van der Waals surface area contributed by atoms with E-state index in [1.807, 2.05) is 0 Å². The van der Waals surface area contributed by atoms with Crippen molar-refractivity contribution in [2.24, 2.45) is 4.99 Å². The normalized spacial score (nSPS) is 21.5. The number of aliphatic imine (C=N–C) groups is 1. The van der Waals surface area contributed by atoms with Crippen molar-refractivity contribution in [1.29, 1.82) is 0 Å². The van der Waals surface area contributed by atoms with Gasteiger partial charge in [0.25, 0.3) is 0 Å². The van der Waals surface area contributed by atoms with Crippen LogP contribution in [0, 0.1) is 0 Å². The van der Waals surface area contributed by atoms with Gasteiger partial charge in [0.1, 0.15) is 5.82 Å². The molecule has 0 aromatic carbocycles. The highest BCUT2D eigenvalue weighted by atomic mass is 16.5. The predicted molar refractivity (Wildman–Crippen MR) is 79.4 cm³/mol. The summed E-state index contributed by atoms with van der Waals surface area (Å²) in [5.74, 6) is 0.941. The zero-order valence-electron chi connectivity index (χ0n) is 12.0. The van der Waals surface area contributed by atoms with Crippen molar-refractivity contribution < 1.29 is 4.74 Å². The first-order valence-corrected chi connectivity index (χ1v) is 7.15. The van der Waals surface area contributed by atoms with Gasteiger partial charge < -0.3 is 15.0 Å². The zero-order valence-corrected chi connectivity index (χ0v) is 12.0. The minimum absolute atomic E-state index is 0.118. The Morgan fingerprint density at radius 3 is 2.95 bits per heavy atom. The van der Waals surface area contributed by atoms with Gasteiger partial charge in [-0.3, -0.25) is 0 Å². The second kappa shape index (κ2) is 6.35. The lowest BCUT2D eigenvalue weighted by molar-refractivity contribution is -0.0351. The molecule has 0 aromatic rings. The monoisotopic (exact) mass is 263 g/mol. The maximum Gasteiger partial charge on any atom is 0.128 e. The summed E-state index contributed by atoms with van der Waals surface area (Å²) in [4.78, 5) is 6.45. The lowest BCUT2D eigenvalue weighted by atomic mass is 10.2. The second-order valence-corrected chi connectivity index (χ2v) is 5.38. The Bertz CT molecular complexity index is 372. The van der Waals surface area contributed by atoms with Crippen LogP contribution in [0.5, 0.6) is 0 Å². The van der Waals surface area contributed by atoms with Crippen molar-refractivity contribution in [1.82, 2.24) is 10.2 Å². The molecule has 0 bridgehead atoms. The lowest BCUT2D eigenvalue weighted by Gasteiger charge is -2.34. The molecule has 106 valence electrons. The smallest absolute Gasteiger partial charge is 0.128 e. The highest BCUT2D eigenvalue weighted by Gasteiger charge is 2.47. The molecule has 1 spiro atoms. The number of nitrogens with one attached hydrogen (secondary N) is 1. The molecule has 1 aliphatic carbocycles. The van der Waals surface area contributed by atoms with Gasteiger partial charge in [-0.15, -0.1) is 0 Å². The third-order valence-corrected chi connectivity index (χ3v) is 3.75. The number of ether oxygens (including phenoxy) is 1. The minimum atomic E-state index is 0.118. The summed E-state index contributed by atoms with van der Waals surface area (Å²) in [6.07, 6.45) is 5.36. The van der Waals surface area contributed by atoms with Crippen LogP contribution in [-0.2, 0) is 4.74 Å². The number of hydrogen-bond acceptors (Lipinski definition) is 4. The molecule has 4 heteroatoms. The fourth-order valence-electron chi connectivity index (χ4n) is 2.40. The summed E-state index contributed by atoms with van der Waals surface area (Å²) in [5, 5.41) is 3.30. The Hall–Kier alpha value is -1.13. The molecule has 1 saturated carbocycles. The summed E-state index contributed by atoms with van der Waals surface area (Å²) < 4.78 is 5.82. The SMILES string of the molecule is C=NC(=CC(=C)CCNCC)N1CCOC2(CC2)C1. The largest absolute Gasteiger partial charge is 0.371 e. The minimum Gasteiger partial charge on any atom is -0.371 e. The number of hydrogen-bond donors (Lipinski definition) is 1. The Morgan fingerprint density at radius 2 is 2.32 bits per heavy atom. The van der Waals surface area contributed by atoms with E-state index in [0.29, 0.717) is 0 Å². The molecular weight excluding hydrogens is 238 g/mol. The quantitative estimate of drug-likeness (QED) is 0.433. The van der Waals surface area contributed by atoms with Crippen molar-refractivity contribution >= 4 is 6.72 Å². The topological polar surface area (TPSA) is 36.9 Å². The van der Waals surface area contributed by atoms with Gasteiger partial charge in [-0.1, -0.05) is 19.1 Å². The van der Waals surface area contributed by atoms with Gasteiger partial charge in [-0.2, -0.15) is 0 Å². The summed E-state index contributed by atoms with van der Waals surface area (Å²) in [6.45, 7) is 14.5. The molecule has 19 heavy (non-hydrogen) atoms. The van der Waals surface area contributed by atoms with E-state index in [1.165, 1.54) is 12.8 Å². The van der Waals surface area contributed by atoms with Crippen LogP contribution in [0.1, 0.15) is 26.2 Å². The summed E-state index contributed by atoms with van der Waals surface area (Å²) >= 11 is 0. The van der Waals surface area contributed by atoms with Gasteiger partial charge in [0.2, 0.25) is 0 Å². The molecule has 0 radical (unpaired) electrons. The Morgan fingerprint density at radius 1 is 1.53 bits per heavy atom. The van der Waals surface area contributed by atoms with Crippen LogP contribution < -0.4 is 5.32 Å². The highest BCUT2D eigenvalue weighted by Crippen LogP contribution is 2.42. The van der Waals surface area contributed by atoms with E-state index >= 15 is 0 Å². The average Bonchev–Trinajstić information content (AvgIpc) is 3.15. The van der Waals surface area contributed by atoms with Crippen LogP contribution in [0.4, 0.5) is 0 Å². The number of nitrogens with zero attached hydrogens (tertiary/aromatic N) is 2.